The molecule has 1 aliphatic heterocycles. The van der Waals surface area contributed by atoms with Crippen LogP contribution in [0.2, 0.25) is 0 Å². The lowest BCUT2D eigenvalue weighted by Gasteiger charge is -2.32. The monoisotopic (exact) mass is 399 g/mol. The molecule has 0 bridgehead atoms. The van der Waals surface area contributed by atoms with E-state index in [2.05, 4.69) is 5.32 Å². The molecule has 3 rings (SSSR count). The van der Waals surface area contributed by atoms with Crippen LogP contribution in [-0.2, 0) is 0 Å². The number of benzene rings is 2. The van der Waals surface area contributed by atoms with E-state index in [9.17, 15) is 19.7 Å². The molecule has 28 heavy (non-hydrogen) atoms. The molecular formula is C20H21N3O4S. The number of amides is 1. The topological polar surface area (TPSA) is 92.6 Å². The highest BCUT2D eigenvalue weighted by atomic mass is 32.2. The second-order valence-corrected chi connectivity index (χ2v) is 7.47. The summed E-state index contributed by atoms with van der Waals surface area (Å²) in [6.45, 7) is 3.84. The Morgan fingerprint density at radius 3 is 2.57 bits per heavy atom. The molecule has 0 aromatic heterocycles. The number of nitrogens with zero attached hydrogens (tertiary/aromatic N) is 2. The summed E-state index contributed by atoms with van der Waals surface area (Å²) in [5, 5.41) is 14.6. The molecule has 0 saturated carbocycles. The maximum atomic E-state index is 13.1. The predicted molar refractivity (Wildman–Crippen MR) is 108 cm³/mol. The Hall–Kier alpha value is -2.71. The van der Waals surface area contributed by atoms with Crippen LogP contribution in [0.5, 0.6) is 0 Å². The molecule has 1 unspecified atom stereocenters. The smallest absolute Gasteiger partial charge is 0.283 e. The highest BCUT2D eigenvalue weighted by Gasteiger charge is 2.26. The minimum absolute atomic E-state index is 0.113. The fourth-order valence-electron chi connectivity index (χ4n) is 3.28. The van der Waals surface area contributed by atoms with E-state index in [1.54, 1.807) is 47.6 Å². The van der Waals surface area contributed by atoms with Gasteiger partial charge in [-0.05, 0) is 31.4 Å². The molecule has 2 aromatic carbocycles. The van der Waals surface area contributed by atoms with Gasteiger partial charge in [-0.25, -0.2) is 0 Å². The zero-order valence-corrected chi connectivity index (χ0v) is 16.5. The largest absolute Gasteiger partial charge is 0.336 e. The van der Waals surface area contributed by atoms with Gasteiger partial charge in [0.2, 0.25) is 0 Å². The van der Waals surface area contributed by atoms with Gasteiger partial charge in [0, 0.05) is 42.9 Å². The number of carbonyl (C=O) groups is 2. The normalized spacial score (nSPS) is 16.6. The molecule has 8 heteroatoms. The van der Waals surface area contributed by atoms with Crippen LogP contribution >= 0.6 is 11.8 Å². The van der Waals surface area contributed by atoms with Crippen LogP contribution in [-0.4, -0.2) is 53.4 Å². The number of hydrogen-bond donors (Lipinski definition) is 1. The first-order valence-corrected chi connectivity index (χ1v) is 10.1. The number of ketones is 1. The fourth-order valence-corrected chi connectivity index (χ4v) is 3.83. The predicted octanol–water partition coefficient (Wildman–Crippen LogP) is 2.98. The molecule has 1 saturated heterocycles. The molecule has 1 atom stereocenters. The van der Waals surface area contributed by atoms with Gasteiger partial charge in [0.25, 0.3) is 11.6 Å². The first-order valence-electron chi connectivity index (χ1n) is 8.91. The number of nitro groups is 1. The second kappa shape index (κ2) is 8.53. The Kier molecular flexibility index (Phi) is 6.11. The zero-order valence-electron chi connectivity index (χ0n) is 15.7. The van der Waals surface area contributed by atoms with Gasteiger partial charge >= 0.3 is 0 Å². The van der Waals surface area contributed by atoms with E-state index in [0.717, 1.165) is 0 Å². The van der Waals surface area contributed by atoms with Crippen molar-refractivity contribution in [2.24, 2.45) is 0 Å². The Labute approximate surface area is 167 Å². The lowest BCUT2D eigenvalue weighted by atomic mass is 9.97. The molecule has 0 radical (unpaired) electrons. The molecule has 2 aromatic rings. The average molecular weight is 399 g/mol. The third-order valence-corrected chi connectivity index (χ3v) is 5.48. The number of rotatable bonds is 5. The summed E-state index contributed by atoms with van der Waals surface area (Å²) in [7, 11) is 0. The lowest BCUT2D eigenvalue weighted by molar-refractivity contribution is -0.387. The Morgan fingerprint density at radius 1 is 1.21 bits per heavy atom. The summed E-state index contributed by atoms with van der Waals surface area (Å²) in [5.74, 6) is -0.601. The maximum Gasteiger partial charge on any atom is 0.283 e. The van der Waals surface area contributed by atoms with Gasteiger partial charge < -0.3 is 10.2 Å². The standard InChI is InChI=1S/C20H21N3O4S/c1-13-12-22(10-9-21-13)20(25)16-6-4-3-5-15(16)19(24)14-7-8-18(28-2)17(11-14)23(26)27/h3-8,11,13,21H,9-10,12H2,1-2H3. The Morgan fingerprint density at radius 2 is 1.93 bits per heavy atom. The Bertz CT molecular complexity index is 931. The van der Waals surface area contributed by atoms with Gasteiger partial charge in [-0.15, -0.1) is 11.8 Å². The van der Waals surface area contributed by atoms with Gasteiger partial charge in [0.1, 0.15) is 0 Å². The summed E-state index contributed by atoms with van der Waals surface area (Å²) in [6, 6.07) is 11.2. The SMILES string of the molecule is CSc1ccc(C(=O)c2ccccc2C(=O)N2CCNC(C)C2)cc1[N+](=O)[O-]. The molecule has 0 spiro atoms. The van der Waals surface area contributed by atoms with Crippen molar-refractivity contribution in [1.82, 2.24) is 10.2 Å². The fraction of sp³-hybridized carbons (Fsp3) is 0.300. The molecule has 1 heterocycles. The molecule has 146 valence electrons. The van der Waals surface area contributed by atoms with E-state index in [-0.39, 0.29) is 28.8 Å². The zero-order chi connectivity index (χ0) is 20.3. The van der Waals surface area contributed by atoms with Gasteiger partial charge in [0.05, 0.1) is 15.4 Å². The first kappa shape index (κ1) is 20.0. The van der Waals surface area contributed by atoms with Crippen molar-refractivity contribution in [2.45, 2.75) is 17.9 Å². The van der Waals surface area contributed by atoms with Gasteiger partial charge in [-0.3, -0.25) is 19.7 Å². The number of nitrogens with one attached hydrogen (secondary N) is 1. The van der Waals surface area contributed by atoms with E-state index >= 15 is 0 Å². The number of carbonyl (C=O) groups excluding carboxylic acids is 2. The van der Waals surface area contributed by atoms with Crippen molar-refractivity contribution in [3.05, 3.63) is 69.3 Å². The van der Waals surface area contributed by atoms with Crippen LogP contribution in [0.1, 0.15) is 33.2 Å². The molecule has 1 aliphatic rings. The van der Waals surface area contributed by atoms with Crippen LogP contribution < -0.4 is 5.32 Å². The quantitative estimate of drug-likeness (QED) is 0.360. The molecule has 7 nitrogen and oxygen atoms in total. The first-order chi connectivity index (χ1) is 13.4. The van der Waals surface area contributed by atoms with E-state index in [1.165, 1.54) is 17.8 Å². The van der Waals surface area contributed by atoms with E-state index in [4.69, 9.17) is 0 Å². The van der Waals surface area contributed by atoms with Gasteiger partial charge in [0.15, 0.2) is 5.78 Å². The summed E-state index contributed by atoms with van der Waals surface area (Å²) < 4.78 is 0. The van der Waals surface area contributed by atoms with Crippen molar-refractivity contribution < 1.29 is 14.5 Å². The second-order valence-electron chi connectivity index (χ2n) is 6.62. The third-order valence-electron chi connectivity index (χ3n) is 4.70. The minimum Gasteiger partial charge on any atom is -0.336 e. The van der Waals surface area contributed by atoms with E-state index in [0.29, 0.717) is 30.1 Å². The summed E-state index contributed by atoms with van der Waals surface area (Å²) in [5.41, 5.74) is 0.652. The van der Waals surface area contributed by atoms with Crippen molar-refractivity contribution in [3.63, 3.8) is 0 Å². The summed E-state index contributed by atoms with van der Waals surface area (Å²) in [4.78, 5) is 39.1. The van der Waals surface area contributed by atoms with Crippen molar-refractivity contribution in [1.29, 1.82) is 0 Å². The van der Waals surface area contributed by atoms with Crippen LogP contribution in [0.25, 0.3) is 0 Å². The number of thioether (sulfide) groups is 1. The molecule has 1 amide bonds. The lowest BCUT2D eigenvalue weighted by Crippen LogP contribution is -2.51. The van der Waals surface area contributed by atoms with E-state index in [1.807, 2.05) is 6.92 Å². The third kappa shape index (κ3) is 4.07. The van der Waals surface area contributed by atoms with Gasteiger partial charge in [-0.2, -0.15) is 0 Å². The number of piperazine rings is 1. The minimum atomic E-state index is -0.498. The Balaban J connectivity index is 1.96. The average Bonchev–Trinajstić information content (AvgIpc) is 2.72. The highest BCUT2D eigenvalue weighted by molar-refractivity contribution is 7.98. The molecule has 1 fully saturated rings. The highest BCUT2D eigenvalue weighted by Crippen LogP contribution is 2.29. The van der Waals surface area contributed by atoms with Crippen LogP contribution in [0.15, 0.2) is 47.4 Å². The van der Waals surface area contributed by atoms with Crippen molar-refractivity contribution in [2.75, 3.05) is 25.9 Å². The summed E-state index contributed by atoms with van der Waals surface area (Å²) >= 11 is 1.25. The van der Waals surface area contributed by atoms with Crippen LogP contribution in [0.4, 0.5) is 5.69 Å². The maximum absolute atomic E-state index is 13.1. The molecule has 0 aliphatic carbocycles. The van der Waals surface area contributed by atoms with Crippen LogP contribution in [0, 0.1) is 10.1 Å². The number of hydrogen-bond acceptors (Lipinski definition) is 6. The van der Waals surface area contributed by atoms with Crippen molar-refractivity contribution >= 4 is 29.1 Å². The van der Waals surface area contributed by atoms with Crippen molar-refractivity contribution in [3.8, 4) is 0 Å². The number of nitro benzene ring substituents is 1. The van der Waals surface area contributed by atoms with Gasteiger partial charge in [-0.1, -0.05) is 18.2 Å². The van der Waals surface area contributed by atoms with E-state index < -0.39 is 10.7 Å². The van der Waals surface area contributed by atoms with Crippen LogP contribution in [0.3, 0.4) is 0 Å². The molecular weight excluding hydrogens is 378 g/mol. The summed E-state index contributed by atoms with van der Waals surface area (Å²) in [6.07, 6.45) is 1.74. The molecule has 1 N–H and O–H groups in total.